The second-order valence-electron chi connectivity index (χ2n) is 4.50. The molecule has 6 heteroatoms. The number of ether oxygens (including phenoxy) is 1. The largest absolute Gasteiger partial charge is 0.507 e. The van der Waals surface area contributed by atoms with Crippen molar-refractivity contribution in [3.05, 3.63) is 63.2 Å². The summed E-state index contributed by atoms with van der Waals surface area (Å²) in [6.45, 7) is -0.0255. The van der Waals surface area contributed by atoms with Gasteiger partial charge in [-0.05, 0) is 46.4 Å². The van der Waals surface area contributed by atoms with Gasteiger partial charge in [-0.2, -0.15) is 0 Å². The van der Waals surface area contributed by atoms with Gasteiger partial charge in [0.1, 0.15) is 11.3 Å². The van der Waals surface area contributed by atoms with Crippen molar-refractivity contribution in [3.63, 3.8) is 0 Å². The number of carbonyl (C=O) groups is 2. The normalized spacial score (nSPS) is 10.0. The molecule has 2 N–H and O–H groups in total. The molecule has 0 fully saturated rings. The van der Waals surface area contributed by atoms with Crippen molar-refractivity contribution in [3.8, 4) is 5.75 Å². The first-order chi connectivity index (χ1) is 10.6. The third-order valence-corrected chi connectivity index (χ3v) is 3.52. The third-order valence-electron chi connectivity index (χ3n) is 2.85. The van der Waals surface area contributed by atoms with Crippen LogP contribution >= 0.6 is 22.6 Å². The van der Waals surface area contributed by atoms with Crippen molar-refractivity contribution >= 4 is 34.5 Å². The average molecular weight is 411 g/mol. The van der Waals surface area contributed by atoms with Crippen LogP contribution in [0.15, 0.2) is 48.5 Å². The molecule has 0 saturated heterocycles. The Morgan fingerprint density at radius 2 is 1.86 bits per heavy atom. The molecule has 0 aliphatic carbocycles. The van der Waals surface area contributed by atoms with Crippen LogP contribution in [0.2, 0.25) is 0 Å². The van der Waals surface area contributed by atoms with Gasteiger partial charge in [0.15, 0.2) is 6.61 Å². The smallest absolute Gasteiger partial charge is 0.342 e. The van der Waals surface area contributed by atoms with Gasteiger partial charge < -0.3 is 15.2 Å². The molecule has 0 radical (unpaired) electrons. The van der Waals surface area contributed by atoms with Crippen LogP contribution in [0.4, 0.5) is 0 Å². The van der Waals surface area contributed by atoms with E-state index in [4.69, 9.17) is 4.74 Å². The van der Waals surface area contributed by atoms with Crippen LogP contribution in [-0.2, 0) is 16.1 Å². The lowest BCUT2D eigenvalue weighted by molar-refractivity contribution is -0.124. The highest BCUT2D eigenvalue weighted by atomic mass is 127. The molecule has 0 unspecified atom stereocenters. The first-order valence-electron chi connectivity index (χ1n) is 6.52. The zero-order valence-corrected chi connectivity index (χ0v) is 13.7. The summed E-state index contributed by atoms with van der Waals surface area (Å²) in [5.41, 5.74) is 1.00. The van der Waals surface area contributed by atoms with Crippen molar-refractivity contribution in [1.29, 1.82) is 0 Å². The molecule has 2 aromatic carbocycles. The summed E-state index contributed by atoms with van der Waals surface area (Å²) in [6.07, 6.45) is 0. The van der Waals surface area contributed by atoms with E-state index in [2.05, 4.69) is 5.32 Å². The zero-order chi connectivity index (χ0) is 15.9. The maximum Gasteiger partial charge on any atom is 0.342 e. The molecule has 114 valence electrons. The number of nitrogens with one attached hydrogen (secondary N) is 1. The molecule has 0 atom stereocenters. The van der Waals surface area contributed by atoms with E-state index < -0.39 is 18.5 Å². The minimum absolute atomic E-state index is 0.0442. The summed E-state index contributed by atoms with van der Waals surface area (Å²) < 4.78 is 5.69. The zero-order valence-electron chi connectivity index (χ0n) is 11.6. The van der Waals surface area contributed by atoms with E-state index in [0.29, 0.717) is 6.54 Å². The number of hydrogen-bond acceptors (Lipinski definition) is 4. The highest BCUT2D eigenvalue weighted by molar-refractivity contribution is 14.1. The van der Waals surface area contributed by atoms with Gasteiger partial charge in [0, 0.05) is 10.1 Å². The number of rotatable bonds is 5. The number of carbonyl (C=O) groups excluding carboxylic acids is 2. The van der Waals surface area contributed by atoms with Gasteiger partial charge in [-0.3, -0.25) is 4.79 Å². The summed E-state index contributed by atoms with van der Waals surface area (Å²) in [6, 6.07) is 14.0. The number of hydrogen-bond donors (Lipinski definition) is 2. The molecule has 0 aliphatic rings. The summed E-state index contributed by atoms with van der Waals surface area (Å²) in [5, 5.41) is 12.3. The van der Waals surface area contributed by atoms with Gasteiger partial charge in [-0.1, -0.05) is 30.3 Å². The van der Waals surface area contributed by atoms with Crippen LogP contribution in [0.25, 0.3) is 0 Å². The summed E-state index contributed by atoms with van der Waals surface area (Å²) in [4.78, 5) is 23.5. The maximum absolute atomic E-state index is 11.8. The second kappa shape index (κ2) is 7.79. The van der Waals surface area contributed by atoms with Gasteiger partial charge in [0.25, 0.3) is 5.91 Å². The number of phenols is 1. The van der Waals surface area contributed by atoms with Crippen LogP contribution in [-0.4, -0.2) is 23.6 Å². The highest BCUT2D eigenvalue weighted by Gasteiger charge is 2.14. The highest BCUT2D eigenvalue weighted by Crippen LogP contribution is 2.20. The first-order valence-corrected chi connectivity index (χ1v) is 7.60. The molecule has 0 bridgehead atoms. The van der Waals surface area contributed by atoms with Crippen LogP contribution in [0.3, 0.4) is 0 Å². The van der Waals surface area contributed by atoms with Crippen LogP contribution in [0.5, 0.6) is 5.75 Å². The van der Waals surface area contributed by atoms with E-state index in [9.17, 15) is 14.7 Å². The van der Waals surface area contributed by atoms with Crippen molar-refractivity contribution in [1.82, 2.24) is 5.32 Å². The molecule has 0 heterocycles. The van der Waals surface area contributed by atoms with Crippen molar-refractivity contribution in [2.75, 3.05) is 6.61 Å². The van der Waals surface area contributed by atoms with Crippen molar-refractivity contribution in [2.45, 2.75) is 6.54 Å². The van der Waals surface area contributed by atoms with E-state index in [1.54, 1.807) is 6.07 Å². The number of amides is 1. The number of esters is 1. The number of halogens is 1. The summed E-state index contributed by atoms with van der Waals surface area (Å²) in [5.74, 6) is -1.30. The van der Waals surface area contributed by atoms with Gasteiger partial charge in [-0.15, -0.1) is 0 Å². The Bertz CT molecular complexity index is 673. The molecule has 0 aromatic heterocycles. The molecular weight excluding hydrogens is 397 g/mol. The van der Waals surface area contributed by atoms with E-state index in [0.717, 1.165) is 9.13 Å². The monoisotopic (exact) mass is 411 g/mol. The van der Waals surface area contributed by atoms with Crippen LogP contribution in [0.1, 0.15) is 15.9 Å². The Hall–Kier alpha value is -2.09. The fourth-order valence-corrected chi connectivity index (χ4v) is 2.22. The molecule has 1 amide bonds. The number of benzene rings is 2. The predicted octanol–water partition coefficient (Wildman–Crippen LogP) is 2.47. The van der Waals surface area contributed by atoms with Crippen LogP contribution < -0.4 is 5.32 Å². The molecule has 5 nitrogen and oxygen atoms in total. The standard InChI is InChI=1S/C16H14INO4/c17-12-6-7-14(19)13(8-12)16(21)22-10-15(20)18-9-11-4-2-1-3-5-11/h1-8,19H,9-10H2,(H,18,20). The molecule has 0 saturated carbocycles. The molecule has 22 heavy (non-hydrogen) atoms. The van der Waals surface area contributed by atoms with E-state index in [1.165, 1.54) is 12.1 Å². The Kier molecular flexibility index (Phi) is 5.76. The summed E-state index contributed by atoms with van der Waals surface area (Å²) >= 11 is 2.02. The SMILES string of the molecule is O=C(COC(=O)c1cc(I)ccc1O)NCc1ccccc1. The fraction of sp³-hybridized carbons (Fsp3) is 0.125. The number of aromatic hydroxyl groups is 1. The predicted molar refractivity (Wildman–Crippen MR) is 89.4 cm³/mol. The molecule has 0 aliphatic heterocycles. The average Bonchev–Trinajstić information content (AvgIpc) is 2.54. The van der Waals surface area contributed by atoms with Crippen LogP contribution in [0, 0.1) is 3.57 Å². The second-order valence-corrected chi connectivity index (χ2v) is 5.75. The lowest BCUT2D eigenvalue weighted by Gasteiger charge is -2.08. The Labute approximate surface area is 141 Å². The van der Waals surface area contributed by atoms with E-state index in [1.807, 2.05) is 52.9 Å². The maximum atomic E-state index is 11.8. The topological polar surface area (TPSA) is 75.6 Å². The van der Waals surface area contributed by atoms with Crippen molar-refractivity contribution in [2.24, 2.45) is 0 Å². The van der Waals surface area contributed by atoms with Gasteiger partial charge in [-0.25, -0.2) is 4.79 Å². The Balaban J connectivity index is 1.83. The van der Waals surface area contributed by atoms with Gasteiger partial charge in [0.2, 0.25) is 0 Å². The van der Waals surface area contributed by atoms with Gasteiger partial charge >= 0.3 is 5.97 Å². The molecule has 2 rings (SSSR count). The summed E-state index contributed by atoms with van der Waals surface area (Å²) in [7, 11) is 0. The molecule has 0 spiro atoms. The first kappa shape index (κ1) is 16.3. The van der Waals surface area contributed by atoms with Gasteiger partial charge in [0.05, 0.1) is 0 Å². The quantitative estimate of drug-likeness (QED) is 0.586. The van der Waals surface area contributed by atoms with E-state index in [-0.39, 0.29) is 11.3 Å². The third kappa shape index (κ3) is 4.73. The molecular formula is C16H14INO4. The van der Waals surface area contributed by atoms with Crippen molar-refractivity contribution < 1.29 is 19.4 Å². The minimum Gasteiger partial charge on any atom is -0.507 e. The lowest BCUT2D eigenvalue weighted by Crippen LogP contribution is -2.28. The lowest BCUT2D eigenvalue weighted by atomic mass is 10.2. The fourth-order valence-electron chi connectivity index (χ4n) is 1.73. The minimum atomic E-state index is -0.731. The Morgan fingerprint density at radius 3 is 2.59 bits per heavy atom. The number of phenolic OH excluding ortho intramolecular Hbond substituents is 1. The molecule has 2 aromatic rings. The van der Waals surface area contributed by atoms with E-state index >= 15 is 0 Å². The Morgan fingerprint density at radius 1 is 1.14 bits per heavy atom.